The Morgan fingerprint density at radius 3 is 1.59 bits per heavy atom. The largest absolute Gasteiger partial charge is 0.255 e. The highest BCUT2D eigenvalue weighted by molar-refractivity contribution is 5.87. The smallest absolute Gasteiger partial charge is 0.165 e. The molecule has 0 bridgehead atoms. The second kappa shape index (κ2) is 24.6. The van der Waals surface area contributed by atoms with Gasteiger partial charge in [-0.1, -0.05) is 240 Å². The van der Waals surface area contributed by atoms with Gasteiger partial charge in [0.25, 0.3) is 0 Å². The van der Waals surface area contributed by atoms with Crippen molar-refractivity contribution < 1.29 is 0 Å². The first kappa shape index (κ1) is 51.6. The van der Waals surface area contributed by atoms with E-state index in [-0.39, 0.29) is 10.8 Å². The number of hydrogen-bond acceptors (Lipinski definition) is 4. The molecular weight excluding hydrogens is 885 g/mol. The molecule has 0 atom stereocenters. The summed E-state index contributed by atoms with van der Waals surface area (Å²) in [4.78, 5) is 20.4. The predicted molar refractivity (Wildman–Crippen MR) is 310 cm³/mol. The van der Waals surface area contributed by atoms with Gasteiger partial charge in [0.1, 0.15) is 5.82 Å². The monoisotopic (exact) mass is 965 g/mol. The van der Waals surface area contributed by atoms with Crippen LogP contribution in [-0.4, -0.2) is 19.9 Å². The second-order valence-corrected chi connectivity index (χ2v) is 22.3. The molecule has 0 N–H and O–H groups in total. The van der Waals surface area contributed by atoms with Gasteiger partial charge in [0, 0.05) is 33.7 Å². The highest BCUT2D eigenvalue weighted by atomic mass is 15.0. The van der Waals surface area contributed by atoms with Gasteiger partial charge in [0.15, 0.2) is 11.6 Å². The van der Waals surface area contributed by atoms with Gasteiger partial charge in [0.2, 0.25) is 0 Å². The predicted octanol–water partition coefficient (Wildman–Crippen LogP) is 19.5. The third kappa shape index (κ3) is 12.7. The van der Waals surface area contributed by atoms with E-state index in [9.17, 15) is 0 Å². The minimum atomic E-state index is -0.260. The summed E-state index contributed by atoms with van der Waals surface area (Å²) < 4.78 is 0. The number of fused-ring (bicyclic) bond motifs is 4. The Balaban J connectivity index is 1.02. The molecule has 0 saturated heterocycles. The number of benzene rings is 6. The fraction of sp³-hybridized carbons (Fsp3) is 0.391. The minimum Gasteiger partial charge on any atom is -0.255 e. The maximum Gasteiger partial charge on any atom is 0.165 e. The van der Waals surface area contributed by atoms with Gasteiger partial charge < -0.3 is 0 Å². The summed E-state index contributed by atoms with van der Waals surface area (Å²) in [6, 6.07) is 54.4. The topological polar surface area (TPSA) is 51.6 Å². The first-order valence-electron chi connectivity index (χ1n) is 28.4. The van der Waals surface area contributed by atoms with Gasteiger partial charge in [-0.15, -0.1) is 0 Å². The van der Waals surface area contributed by atoms with Crippen LogP contribution < -0.4 is 0 Å². The molecule has 6 aromatic carbocycles. The van der Waals surface area contributed by atoms with Crippen LogP contribution in [0.4, 0.5) is 0 Å². The van der Waals surface area contributed by atoms with Crippen LogP contribution in [0.5, 0.6) is 0 Å². The van der Waals surface area contributed by atoms with Crippen molar-refractivity contribution >= 4 is 10.8 Å². The molecule has 0 fully saturated rings. The molecular formula is C69H80N4. The van der Waals surface area contributed by atoms with Gasteiger partial charge in [-0.2, -0.15) is 0 Å². The van der Waals surface area contributed by atoms with Crippen LogP contribution in [0.3, 0.4) is 0 Å². The first-order valence-corrected chi connectivity index (χ1v) is 28.4. The van der Waals surface area contributed by atoms with E-state index < -0.39 is 0 Å². The molecule has 4 nitrogen and oxygen atoms in total. The Hall–Kier alpha value is -6.26. The summed E-state index contributed by atoms with van der Waals surface area (Å²) in [5.74, 6) is 2.11. The third-order valence-electron chi connectivity index (χ3n) is 15.7. The molecule has 1 aliphatic rings. The summed E-state index contributed by atoms with van der Waals surface area (Å²) in [5, 5.41) is 2.37. The molecule has 0 aliphatic heterocycles. The zero-order valence-electron chi connectivity index (χ0n) is 44.9. The highest BCUT2D eigenvalue weighted by Crippen LogP contribution is 2.56. The van der Waals surface area contributed by atoms with Crippen molar-refractivity contribution in [3.63, 3.8) is 0 Å². The zero-order chi connectivity index (χ0) is 50.5. The van der Waals surface area contributed by atoms with Crippen LogP contribution in [0.2, 0.25) is 0 Å². The average Bonchev–Trinajstić information content (AvgIpc) is 3.70. The average molecular weight is 965 g/mol. The molecule has 0 radical (unpaired) electrons. The van der Waals surface area contributed by atoms with E-state index in [0.29, 0.717) is 11.6 Å². The van der Waals surface area contributed by atoms with E-state index in [1.165, 1.54) is 183 Å². The lowest BCUT2D eigenvalue weighted by molar-refractivity contribution is 0.398. The molecule has 4 heteroatoms. The van der Waals surface area contributed by atoms with Gasteiger partial charge in [-0.3, -0.25) is 4.98 Å². The normalized spacial score (nSPS) is 12.8. The zero-order valence-corrected chi connectivity index (χ0v) is 44.9. The van der Waals surface area contributed by atoms with Crippen LogP contribution in [0, 0.1) is 0 Å². The molecule has 2 heterocycles. The molecule has 0 unspecified atom stereocenters. The molecule has 73 heavy (non-hydrogen) atoms. The molecule has 0 amide bonds. The lowest BCUT2D eigenvalue weighted by Gasteiger charge is -2.33. The first-order chi connectivity index (χ1) is 35.7. The maximum absolute atomic E-state index is 5.20. The van der Waals surface area contributed by atoms with E-state index in [1.54, 1.807) is 0 Å². The molecule has 0 spiro atoms. The van der Waals surface area contributed by atoms with Crippen molar-refractivity contribution in [2.45, 2.75) is 174 Å². The Morgan fingerprint density at radius 2 is 0.932 bits per heavy atom. The SMILES string of the molecule is CCCCCCCCC1(CCCCCCCC)c2cc(-c3cccc(CCCCCCc4ccccc4)c3)ccc2-c2ccc(-c3ccc(-c4nc(-c5ccc6ccccc6c5)nc(C(C)(C)C)n4)cn3)cc21. The van der Waals surface area contributed by atoms with Crippen molar-refractivity contribution in [2.75, 3.05) is 0 Å². The Kier molecular flexibility index (Phi) is 17.4. The molecule has 9 rings (SSSR count). The highest BCUT2D eigenvalue weighted by Gasteiger charge is 2.42. The lowest BCUT2D eigenvalue weighted by atomic mass is 9.70. The van der Waals surface area contributed by atoms with E-state index in [2.05, 4.69) is 180 Å². The van der Waals surface area contributed by atoms with Gasteiger partial charge in [-0.05, 0) is 124 Å². The second-order valence-electron chi connectivity index (χ2n) is 22.3. The number of rotatable bonds is 25. The summed E-state index contributed by atoms with van der Waals surface area (Å²) >= 11 is 0. The standard InChI is InChI=1S/C69H80N4/c1-6-8-10-12-16-25-44-69(45-26-17-13-11-9-7-2)62-48-56(54-35-27-32-52(46-54)31-20-15-14-19-28-51-29-21-18-22-30-51)38-41-60(62)61-42-39-57(49-63(61)69)64-43-40-59(50-70-64)66-71-65(72-67(73-66)68(3,4)5)58-37-36-53-33-23-24-34-55(53)47-58/h18,21-24,27,29-30,32-43,46-50H,6-17,19-20,25-26,28,31,44-45H2,1-5H3. The minimum absolute atomic E-state index is 0.0586. The van der Waals surface area contributed by atoms with Crippen LogP contribution in [0.25, 0.3) is 67.1 Å². The van der Waals surface area contributed by atoms with Crippen molar-refractivity contribution in [2.24, 2.45) is 0 Å². The third-order valence-corrected chi connectivity index (χ3v) is 15.7. The molecule has 0 saturated carbocycles. The van der Waals surface area contributed by atoms with E-state index in [4.69, 9.17) is 19.9 Å². The van der Waals surface area contributed by atoms with E-state index >= 15 is 0 Å². The van der Waals surface area contributed by atoms with Gasteiger partial charge >= 0.3 is 0 Å². The number of unbranched alkanes of at least 4 members (excludes halogenated alkanes) is 13. The summed E-state index contributed by atoms with van der Waals surface area (Å²) in [7, 11) is 0. The van der Waals surface area contributed by atoms with Crippen LogP contribution in [-0.2, 0) is 23.7 Å². The molecule has 376 valence electrons. The number of nitrogens with zero attached hydrogens (tertiary/aromatic N) is 4. The van der Waals surface area contributed by atoms with Crippen molar-refractivity contribution in [1.82, 2.24) is 19.9 Å². The number of pyridine rings is 1. The maximum atomic E-state index is 5.20. The molecule has 1 aliphatic carbocycles. The van der Waals surface area contributed by atoms with Crippen LogP contribution in [0.15, 0.2) is 152 Å². The Labute approximate surface area is 438 Å². The van der Waals surface area contributed by atoms with Crippen molar-refractivity contribution in [3.05, 3.63) is 180 Å². The number of aryl methyl sites for hydroxylation is 2. The summed E-state index contributed by atoms with van der Waals surface area (Å²) in [5.41, 5.74) is 15.2. The number of hydrogen-bond donors (Lipinski definition) is 0. The Morgan fingerprint density at radius 1 is 0.397 bits per heavy atom. The fourth-order valence-electron chi connectivity index (χ4n) is 11.5. The van der Waals surface area contributed by atoms with E-state index in [0.717, 1.165) is 29.1 Å². The van der Waals surface area contributed by atoms with Gasteiger partial charge in [0.05, 0.1) is 5.69 Å². The fourth-order valence-corrected chi connectivity index (χ4v) is 11.5. The van der Waals surface area contributed by atoms with Crippen LogP contribution >= 0.6 is 0 Å². The Bertz CT molecular complexity index is 3020. The molecule has 8 aromatic rings. The summed E-state index contributed by atoms with van der Waals surface area (Å²) in [6.45, 7) is 11.1. The lowest BCUT2D eigenvalue weighted by Crippen LogP contribution is -2.25. The summed E-state index contributed by atoms with van der Waals surface area (Å²) in [6.07, 6.45) is 27.3. The van der Waals surface area contributed by atoms with E-state index in [1.807, 2.05) is 6.20 Å². The van der Waals surface area contributed by atoms with Gasteiger partial charge in [-0.25, -0.2) is 15.0 Å². The quantitative estimate of drug-likeness (QED) is 0.0536. The van der Waals surface area contributed by atoms with Crippen LogP contribution in [0.1, 0.15) is 178 Å². The van der Waals surface area contributed by atoms with Crippen molar-refractivity contribution in [1.29, 1.82) is 0 Å². The number of aromatic nitrogens is 4. The van der Waals surface area contributed by atoms with Crippen molar-refractivity contribution in [3.8, 4) is 56.3 Å². The molecule has 2 aromatic heterocycles.